The van der Waals surface area contributed by atoms with Crippen molar-refractivity contribution in [2.24, 2.45) is 0 Å². The fourth-order valence-electron chi connectivity index (χ4n) is 3.42. The summed E-state index contributed by atoms with van der Waals surface area (Å²) >= 11 is 0. The molecule has 0 radical (unpaired) electrons. The van der Waals surface area contributed by atoms with Crippen LogP contribution in [-0.4, -0.2) is 38.1 Å². The molecule has 0 N–H and O–H groups in total. The maximum absolute atomic E-state index is 12.9. The Bertz CT molecular complexity index is 915. The number of ether oxygens (including phenoxy) is 2. The van der Waals surface area contributed by atoms with Gasteiger partial charge in [0.05, 0.1) is 32.1 Å². The third-order valence-corrected chi connectivity index (χ3v) is 4.72. The molecule has 1 amide bonds. The normalized spacial score (nSPS) is 19.2. The number of rotatable bonds is 5. The van der Waals surface area contributed by atoms with Gasteiger partial charge in [0, 0.05) is 12.5 Å². The average molecular weight is 383 g/mol. The van der Waals surface area contributed by atoms with E-state index in [1.807, 2.05) is 19.1 Å². The number of amides is 1. The largest absolute Gasteiger partial charge is 0.469 e. The van der Waals surface area contributed by atoms with E-state index in [0.29, 0.717) is 17.0 Å². The molecule has 1 aromatic carbocycles. The van der Waals surface area contributed by atoms with Crippen molar-refractivity contribution in [3.63, 3.8) is 0 Å². The molecule has 7 nitrogen and oxygen atoms in total. The maximum atomic E-state index is 12.9. The van der Waals surface area contributed by atoms with E-state index in [4.69, 9.17) is 9.15 Å². The SMILES string of the molecule is COC(=O)/C=C/c1cc(C)ccc1N1C(=O)C[C@H](c2ccco2)[C@H]1C(=O)OC. The van der Waals surface area contributed by atoms with Crippen molar-refractivity contribution in [2.75, 3.05) is 19.1 Å². The lowest BCUT2D eigenvalue weighted by molar-refractivity contribution is -0.142. The highest BCUT2D eigenvalue weighted by molar-refractivity contribution is 6.05. The Kier molecular flexibility index (Phi) is 5.63. The van der Waals surface area contributed by atoms with Gasteiger partial charge in [-0.05, 0) is 42.8 Å². The molecule has 7 heteroatoms. The predicted octanol–water partition coefficient (Wildman–Crippen LogP) is 2.84. The van der Waals surface area contributed by atoms with Crippen LogP contribution in [0, 0.1) is 6.92 Å². The van der Waals surface area contributed by atoms with E-state index in [0.717, 1.165) is 5.56 Å². The first-order valence-corrected chi connectivity index (χ1v) is 8.76. The van der Waals surface area contributed by atoms with Crippen molar-refractivity contribution in [3.05, 3.63) is 59.6 Å². The number of anilines is 1. The molecule has 2 atom stereocenters. The molecule has 0 saturated carbocycles. The standard InChI is InChI=1S/C21H21NO6/c1-13-6-8-16(14(11-13)7-9-19(24)26-2)22-18(23)12-15(17-5-4-10-28-17)20(22)21(25)27-3/h4-11,15,20H,12H2,1-3H3/b9-7+/t15-,20+/m1/s1. The van der Waals surface area contributed by atoms with Crippen molar-refractivity contribution in [2.45, 2.75) is 25.3 Å². The zero-order chi connectivity index (χ0) is 20.3. The smallest absolute Gasteiger partial charge is 0.330 e. The number of carbonyl (C=O) groups excluding carboxylic acids is 3. The topological polar surface area (TPSA) is 86.0 Å². The number of esters is 2. The summed E-state index contributed by atoms with van der Waals surface area (Å²) in [5.41, 5.74) is 2.07. The highest BCUT2D eigenvalue weighted by Crippen LogP contribution is 2.40. The van der Waals surface area contributed by atoms with E-state index in [9.17, 15) is 14.4 Å². The fourth-order valence-corrected chi connectivity index (χ4v) is 3.42. The molecule has 3 rings (SSSR count). The first-order valence-electron chi connectivity index (χ1n) is 8.76. The molecule has 2 aromatic rings. The van der Waals surface area contributed by atoms with Gasteiger partial charge in [-0.25, -0.2) is 9.59 Å². The van der Waals surface area contributed by atoms with Gasteiger partial charge in [0.25, 0.3) is 0 Å². The highest BCUT2D eigenvalue weighted by Gasteiger charge is 2.48. The summed E-state index contributed by atoms with van der Waals surface area (Å²) in [5.74, 6) is -1.19. The van der Waals surface area contributed by atoms with Gasteiger partial charge >= 0.3 is 11.9 Å². The van der Waals surface area contributed by atoms with Crippen LogP contribution in [0.15, 0.2) is 47.1 Å². The Morgan fingerprint density at radius 3 is 2.64 bits per heavy atom. The van der Waals surface area contributed by atoms with Crippen LogP contribution in [0.25, 0.3) is 6.08 Å². The summed E-state index contributed by atoms with van der Waals surface area (Å²) < 4.78 is 15.1. The number of carbonyl (C=O) groups is 3. The van der Waals surface area contributed by atoms with Gasteiger partial charge in [0.15, 0.2) is 0 Å². The third-order valence-electron chi connectivity index (χ3n) is 4.72. The van der Waals surface area contributed by atoms with Crippen molar-refractivity contribution in [1.82, 2.24) is 0 Å². The van der Waals surface area contributed by atoms with Gasteiger partial charge < -0.3 is 13.9 Å². The molecule has 2 heterocycles. The number of aryl methyl sites for hydroxylation is 1. The highest BCUT2D eigenvalue weighted by atomic mass is 16.5. The van der Waals surface area contributed by atoms with Crippen LogP contribution in [0.3, 0.4) is 0 Å². The zero-order valence-electron chi connectivity index (χ0n) is 15.9. The number of benzene rings is 1. The minimum absolute atomic E-state index is 0.112. The van der Waals surface area contributed by atoms with Crippen LogP contribution >= 0.6 is 0 Å². The Morgan fingerprint density at radius 1 is 1.21 bits per heavy atom. The zero-order valence-corrected chi connectivity index (χ0v) is 15.9. The van der Waals surface area contributed by atoms with Crippen molar-refractivity contribution < 1.29 is 28.3 Å². The van der Waals surface area contributed by atoms with Crippen molar-refractivity contribution in [3.8, 4) is 0 Å². The molecular weight excluding hydrogens is 362 g/mol. The van der Waals surface area contributed by atoms with Crippen LogP contribution in [0.5, 0.6) is 0 Å². The lowest BCUT2D eigenvalue weighted by atomic mass is 9.97. The van der Waals surface area contributed by atoms with Crippen LogP contribution in [-0.2, 0) is 23.9 Å². The molecule has 1 fully saturated rings. The Labute approximate surface area is 162 Å². The van der Waals surface area contributed by atoms with Crippen LogP contribution in [0.2, 0.25) is 0 Å². The third kappa shape index (κ3) is 3.69. The van der Waals surface area contributed by atoms with Crippen LogP contribution in [0.1, 0.15) is 29.2 Å². The minimum atomic E-state index is -0.864. The van der Waals surface area contributed by atoms with Crippen LogP contribution in [0.4, 0.5) is 5.69 Å². The van der Waals surface area contributed by atoms with E-state index in [1.165, 1.54) is 31.5 Å². The Morgan fingerprint density at radius 2 is 2.00 bits per heavy atom. The monoisotopic (exact) mass is 383 g/mol. The molecule has 1 aliphatic heterocycles. The van der Waals surface area contributed by atoms with Gasteiger partial charge in [-0.15, -0.1) is 0 Å². The molecule has 1 aliphatic rings. The minimum Gasteiger partial charge on any atom is -0.469 e. The average Bonchev–Trinajstić information content (AvgIpc) is 3.33. The summed E-state index contributed by atoms with van der Waals surface area (Å²) in [4.78, 5) is 38.4. The first-order chi connectivity index (χ1) is 13.5. The second kappa shape index (κ2) is 8.12. The van der Waals surface area contributed by atoms with E-state index >= 15 is 0 Å². The van der Waals surface area contributed by atoms with Gasteiger partial charge in [-0.2, -0.15) is 0 Å². The Balaban J connectivity index is 2.08. The molecule has 0 bridgehead atoms. The molecule has 0 spiro atoms. The number of hydrogen-bond acceptors (Lipinski definition) is 6. The Hall–Kier alpha value is -3.35. The first kappa shape index (κ1) is 19.4. The van der Waals surface area contributed by atoms with Gasteiger partial charge in [0.2, 0.25) is 5.91 Å². The predicted molar refractivity (Wildman–Crippen MR) is 102 cm³/mol. The number of methoxy groups -OCH3 is 2. The molecule has 1 aromatic heterocycles. The fraction of sp³-hybridized carbons (Fsp3) is 0.286. The molecule has 1 saturated heterocycles. The second-order valence-corrected chi connectivity index (χ2v) is 6.48. The molecule has 28 heavy (non-hydrogen) atoms. The van der Waals surface area contributed by atoms with Gasteiger partial charge in [0.1, 0.15) is 11.8 Å². The summed E-state index contributed by atoms with van der Waals surface area (Å²) in [6.07, 6.45) is 4.46. The summed E-state index contributed by atoms with van der Waals surface area (Å²) in [5, 5.41) is 0. The molecule has 0 unspecified atom stereocenters. The van der Waals surface area contributed by atoms with Crippen LogP contribution < -0.4 is 4.90 Å². The second-order valence-electron chi connectivity index (χ2n) is 6.48. The maximum Gasteiger partial charge on any atom is 0.330 e. The summed E-state index contributed by atoms with van der Waals surface area (Å²) in [6, 6.07) is 8.02. The van der Waals surface area contributed by atoms with Gasteiger partial charge in [-0.1, -0.05) is 11.6 Å². The molecule has 0 aliphatic carbocycles. The summed E-state index contributed by atoms with van der Waals surface area (Å²) in [6.45, 7) is 1.90. The number of furan rings is 1. The number of hydrogen-bond donors (Lipinski definition) is 0. The van der Waals surface area contributed by atoms with E-state index in [1.54, 1.807) is 24.3 Å². The van der Waals surface area contributed by atoms with Gasteiger partial charge in [-0.3, -0.25) is 9.69 Å². The summed E-state index contributed by atoms with van der Waals surface area (Å²) in [7, 11) is 2.57. The lowest BCUT2D eigenvalue weighted by Gasteiger charge is -2.27. The van der Waals surface area contributed by atoms with Crippen molar-refractivity contribution >= 4 is 29.6 Å². The van der Waals surface area contributed by atoms with E-state index in [-0.39, 0.29) is 12.3 Å². The van der Waals surface area contributed by atoms with Crippen molar-refractivity contribution in [1.29, 1.82) is 0 Å². The van der Waals surface area contributed by atoms with E-state index < -0.39 is 23.9 Å². The number of nitrogens with zero attached hydrogens (tertiary/aromatic N) is 1. The quantitative estimate of drug-likeness (QED) is 0.583. The molecular formula is C21H21NO6. The molecule has 146 valence electrons. The van der Waals surface area contributed by atoms with E-state index in [2.05, 4.69) is 4.74 Å². The lowest BCUT2D eigenvalue weighted by Crippen LogP contribution is -2.42.